The van der Waals surface area contributed by atoms with Crippen LogP contribution in [0.1, 0.15) is 5.56 Å². The number of thiazole rings is 1. The van der Waals surface area contributed by atoms with Crippen LogP contribution in [-0.2, 0) is 11.3 Å². The lowest BCUT2D eigenvalue weighted by Crippen LogP contribution is -2.15. The molecule has 6 nitrogen and oxygen atoms in total. The topological polar surface area (TPSA) is 77.5 Å². The Morgan fingerprint density at radius 3 is 2.70 bits per heavy atom. The van der Waals surface area contributed by atoms with Crippen molar-refractivity contribution in [2.75, 3.05) is 0 Å². The van der Waals surface area contributed by atoms with Gasteiger partial charge in [0.1, 0.15) is 0 Å². The molecule has 0 saturated carbocycles. The van der Waals surface area contributed by atoms with Crippen LogP contribution in [0.4, 0.5) is 5.69 Å². The molecule has 0 aliphatic heterocycles. The van der Waals surface area contributed by atoms with Crippen molar-refractivity contribution in [3.05, 3.63) is 86.7 Å². The fraction of sp³-hybridized carbons (Fsp3) is 0.0526. The van der Waals surface area contributed by atoms with Gasteiger partial charge in [0, 0.05) is 29.8 Å². The SMILES string of the molecule is C=CCn1c(=NC(=O)C=Cc2ccc([N+](=O)[O-])cc2)sc2cc(Cl)ccc21. The second-order valence-corrected chi connectivity index (χ2v) is 6.97. The van der Waals surface area contributed by atoms with Crippen LogP contribution in [0.15, 0.2) is 66.2 Å². The highest BCUT2D eigenvalue weighted by Crippen LogP contribution is 2.22. The van der Waals surface area contributed by atoms with Crippen LogP contribution < -0.4 is 4.80 Å². The predicted molar refractivity (Wildman–Crippen MR) is 108 cm³/mol. The number of nitrogens with zero attached hydrogens (tertiary/aromatic N) is 3. The molecule has 8 heteroatoms. The van der Waals surface area contributed by atoms with Gasteiger partial charge in [-0.25, -0.2) is 0 Å². The zero-order chi connectivity index (χ0) is 19.4. The van der Waals surface area contributed by atoms with Gasteiger partial charge in [0.25, 0.3) is 11.6 Å². The van der Waals surface area contributed by atoms with Gasteiger partial charge in [-0.2, -0.15) is 4.99 Å². The van der Waals surface area contributed by atoms with Crippen molar-refractivity contribution >= 4 is 50.8 Å². The second kappa shape index (κ2) is 8.11. The quantitative estimate of drug-likeness (QED) is 0.272. The smallest absolute Gasteiger partial charge is 0.272 e. The van der Waals surface area contributed by atoms with Gasteiger partial charge in [0.15, 0.2) is 4.80 Å². The number of hydrogen-bond donors (Lipinski definition) is 0. The Labute approximate surface area is 163 Å². The van der Waals surface area contributed by atoms with Gasteiger partial charge in [-0.3, -0.25) is 14.9 Å². The van der Waals surface area contributed by atoms with E-state index in [0.717, 1.165) is 10.2 Å². The average Bonchev–Trinajstić information content (AvgIpc) is 2.97. The van der Waals surface area contributed by atoms with E-state index in [4.69, 9.17) is 11.6 Å². The van der Waals surface area contributed by atoms with Crippen LogP contribution in [0.2, 0.25) is 5.02 Å². The Bertz CT molecular complexity index is 1130. The first-order chi connectivity index (χ1) is 13.0. The molecule has 0 spiro atoms. The molecule has 0 saturated heterocycles. The number of halogens is 1. The van der Waals surface area contributed by atoms with E-state index in [1.165, 1.54) is 29.5 Å². The first-order valence-electron chi connectivity index (χ1n) is 7.89. The number of amides is 1. The zero-order valence-electron chi connectivity index (χ0n) is 14.0. The largest absolute Gasteiger partial charge is 0.312 e. The highest BCUT2D eigenvalue weighted by molar-refractivity contribution is 7.16. The average molecular weight is 400 g/mol. The van der Waals surface area contributed by atoms with E-state index < -0.39 is 10.8 Å². The number of nitro groups is 1. The number of carbonyl (C=O) groups is 1. The standard InChI is InChI=1S/C19H14ClN3O3S/c1-2-11-22-16-9-6-14(20)12-17(16)27-19(22)21-18(24)10-5-13-3-7-15(8-4-13)23(25)26/h2-10,12H,1,11H2. The Morgan fingerprint density at radius 2 is 2.04 bits per heavy atom. The fourth-order valence-corrected chi connectivity index (χ4v) is 3.76. The maximum absolute atomic E-state index is 12.2. The number of non-ortho nitro benzene ring substituents is 1. The van der Waals surface area contributed by atoms with Crippen molar-refractivity contribution in [1.29, 1.82) is 0 Å². The van der Waals surface area contributed by atoms with Crippen LogP contribution in [0.25, 0.3) is 16.3 Å². The Morgan fingerprint density at radius 1 is 1.30 bits per heavy atom. The first-order valence-corrected chi connectivity index (χ1v) is 9.08. The van der Waals surface area contributed by atoms with Crippen molar-refractivity contribution in [3.63, 3.8) is 0 Å². The van der Waals surface area contributed by atoms with Gasteiger partial charge in [0.05, 0.1) is 15.1 Å². The van der Waals surface area contributed by atoms with Crippen LogP contribution in [0.5, 0.6) is 0 Å². The molecule has 1 aromatic heterocycles. The number of benzene rings is 2. The van der Waals surface area contributed by atoms with E-state index in [1.807, 2.05) is 16.7 Å². The summed E-state index contributed by atoms with van der Waals surface area (Å²) in [5.74, 6) is -0.427. The third-order valence-corrected chi connectivity index (χ3v) is 4.96. The number of rotatable bonds is 5. The minimum atomic E-state index is -0.472. The zero-order valence-corrected chi connectivity index (χ0v) is 15.6. The third kappa shape index (κ3) is 4.39. The number of aromatic nitrogens is 1. The lowest BCUT2D eigenvalue weighted by molar-refractivity contribution is -0.384. The molecule has 0 fully saturated rings. The molecule has 0 aliphatic rings. The minimum absolute atomic E-state index is 0.00225. The molecule has 0 N–H and O–H groups in total. The van der Waals surface area contributed by atoms with Crippen molar-refractivity contribution in [3.8, 4) is 0 Å². The highest BCUT2D eigenvalue weighted by atomic mass is 35.5. The Balaban J connectivity index is 1.91. The monoisotopic (exact) mass is 399 g/mol. The maximum atomic E-state index is 12.2. The summed E-state index contributed by atoms with van der Waals surface area (Å²) in [5, 5.41) is 11.3. The van der Waals surface area contributed by atoms with Gasteiger partial charge >= 0.3 is 0 Å². The summed E-state index contributed by atoms with van der Waals surface area (Å²) in [4.78, 5) is 27.1. The van der Waals surface area contributed by atoms with Crippen LogP contribution in [0, 0.1) is 10.1 Å². The molecule has 1 amide bonds. The summed E-state index contributed by atoms with van der Waals surface area (Å²) in [6.07, 6.45) is 4.63. The summed E-state index contributed by atoms with van der Waals surface area (Å²) in [7, 11) is 0. The highest BCUT2D eigenvalue weighted by Gasteiger charge is 2.07. The molecule has 136 valence electrons. The summed E-state index contributed by atoms with van der Waals surface area (Å²) in [6.45, 7) is 4.26. The van der Waals surface area contributed by atoms with Crippen molar-refractivity contribution < 1.29 is 9.72 Å². The molecular formula is C19H14ClN3O3S. The van der Waals surface area contributed by atoms with Crippen molar-refractivity contribution in [1.82, 2.24) is 4.57 Å². The second-order valence-electron chi connectivity index (χ2n) is 5.53. The van der Waals surface area contributed by atoms with E-state index >= 15 is 0 Å². The Hall–Kier alpha value is -3.03. The van der Waals surface area contributed by atoms with Crippen LogP contribution in [0.3, 0.4) is 0 Å². The van der Waals surface area contributed by atoms with E-state index in [2.05, 4.69) is 11.6 Å². The normalized spacial score (nSPS) is 12.0. The minimum Gasteiger partial charge on any atom is -0.312 e. The van der Waals surface area contributed by atoms with Crippen LogP contribution in [-0.4, -0.2) is 15.4 Å². The first kappa shape index (κ1) is 18.8. The number of carbonyl (C=O) groups excluding carboxylic acids is 1. The predicted octanol–water partition coefficient (Wildman–Crippen LogP) is 4.59. The number of allylic oxidation sites excluding steroid dienone is 1. The molecule has 0 radical (unpaired) electrons. The molecule has 3 aromatic rings. The van der Waals surface area contributed by atoms with E-state index in [0.29, 0.717) is 21.9 Å². The molecular weight excluding hydrogens is 386 g/mol. The number of hydrogen-bond acceptors (Lipinski definition) is 4. The summed E-state index contributed by atoms with van der Waals surface area (Å²) < 4.78 is 2.82. The molecule has 0 unspecified atom stereocenters. The molecule has 27 heavy (non-hydrogen) atoms. The van der Waals surface area contributed by atoms with Gasteiger partial charge < -0.3 is 4.57 Å². The molecule has 3 rings (SSSR count). The fourth-order valence-electron chi connectivity index (χ4n) is 2.44. The van der Waals surface area contributed by atoms with Gasteiger partial charge in [0.2, 0.25) is 0 Å². The van der Waals surface area contributed by atoms with Crippen molar-refractivity contribution in [2.24, 2.45) is 4.99 Å². The van der Waals surface area contributed by atoms with E-state index in [9.17, 15) is 14.9 Å². The van der Waals surface area contributed by atoms with Gasteiger partial charge in [-0.05, 0) is 42.0 Å². The number of nitro benzene ring substituents is 1. The lowest BCUT2D eigenvalue weighted by atomic mass is 10.2. The van der Waals surface area contributed by atoms with Gasteiger partial charge in [-0.1, -0.05) is 29.0 Å². The summed E-state index contributed by atoms with van der Waals surface area (Å²) >= 11 is 7.41. The molecule has 2 aromatic carbocycles. The lowest BCUT2D eigenvalue weighted by Gasteiger charge is -2.00. The molecule has 0 aliphatic carbocycles. The molecule has 1 heterocycles. The van der Waals surface area contributed by atoms with Crippen molar-refractivity contribution in [2.45, 2.75) is 6.54 Å². The molecule has 0 atom stereocenters. The number of fused-ring (bicyclic) bond motifs is 1. The van der Waals surface area contributed by atoms with E-state index in [1.54, 1.807) is 30.4 Å². The summed E-state index contributed by atoms with van der Waals surface area (Å²) in [6, 6.07) is 11.4. The molecule has 0 bridgehead atoms. The van der Waals surface area contributed by atoms with E-state index in [-0.39, 0.29) is 5.69 Å². The van der Waals surface area contributed by atoms with Crippen LogP contribution >= 0.6 is 22.9 Å². The van der Waals surface area contributed by atoms with Gasteiger partial charge in [-0.15, -0.1) is 6.58 Å². The summed E-state index contributed by atoms with van der Waals surface area (Å²) in [5.41, 5.74) is 1.60. The Kier molecular flexibility index (Phi) is 5.63. The maximum Gasteiger partial charge on any atom is 0.272 e. The third-order valence-electron chi connectivity index (χ3n) is 3.68.